The minimum absolute atomic E-state index is 0.0625. The molecule has 0 radical (unpaired) electrons. The van der Waals surface area contributed by atoms with Crippen LogP contribution in [0.2, 0.25) is 0 Å². The third-order valence-corrected chi connectivity index (χ3v) is 12.1. The maximum atomic E-state index is 14.4. The van der Waals surface area contributed by atoms with Crippen molar-refractivity contribution in [3.63, 3.8) is 0 Å². The van der Waals surface area contributed by atoms with E-state index in [1.54, 1.807) is 27.4 Å². The Morgan fingerprint density at radius 3 is 1.98 bits per heavy atom. The van der Waals surface area contributed by atoms with Gasteiger partial charge >= 0.3 is 0 Å². The number of carbonyl (C=O) groups excluding carboxylic acids is 1. The number of hydrogen-bond acceptors (Lipinski definition) is 14. The van der Waals surface area contributed by atoms with Crippen molar-refractivity contribution in [1.82, 2.24) is 30.2 Å². The van der Waals surface area contributed by atoms with Crippen LogP contribution in [-0.2, 0) is 9.53 Å². The molecule has 16 nitrogen and oxygen atoms in total. The number of ketones is 1. The monoisotopic (exact) mass is 854 g/mol. The molecule has 9 rings (SSSR count). The number of methoxy groups -OCH3 is 3. The molecule has 0 spiro atoms. The van der Waals surface area contributed by atoms with Crippen LogP contribution in [0.25, 0.3) is 33.2 Å². The van der Waals surface area contributed by atoms with Crippen LogP contribution in [-0.4, -0.2) is 110 Å². The van der Waals surface area contributed by atoms with Gasteiger partial charge in [-0.1, -0.05) is 24.3 Å². The molecule has 3 aliphatic heterocycles. The van der Waals surface area contributed by atoms with Gasteiger partial charge in [-0.2, -0.15) is 0 Å². The minimum Gasteiger partial charge on any atom is -0.497 e. The average Bonchev–Trinajstić information content (AvgIpc) is 4.10. The highest BCUT2D eigenvalue weighted by atomic mass is 16.5. The Balaban J connectivity index is 0.949. The number of nitrogens with zero attached hydrogens (tertiary/aromatic N) is 5. The molecule has 16 heteroatoms. The summed E-state index contributed by atoms with van der Waals surface area (Å²) in [6, 6.07) is 26.1. The van der Waals surface area contributed by atoms with Crippen LogP contribution in [0.1, 0.15) is 37.3 Å². The Morgan fingerprint density at radius 1 is 0.746 bits per heavy atom. The summed E-state index contributed by atoms with van der Waals surface area (Å²) in [5.74, 6) is 4.12. The fourth-order valence-electron chi connectivity index (χ4n) is 8.83. The molecule has 7 N–H and O–H groups in total. The average molecular weight is 855 g/mol. The molecule has 2 unspecified atom stereocenters. The number of imidazole rings is 2. The van der Waals surface area contributed by atoms with Crippen LogP contribution < -0.4 is 45.5 Å². The summed E-state index contributed by atoms with van der Waals surface area (Å²) in [7, 11) is 4.81. The predicted octanol–water partition coefficient (Wildman–Crippen LogP) is 5.59. The number of para-hydroxylation sites is 4. The fourth-order valence-corrected chi connectivity index (χ4v) is 8.83. The minimum atomic E-state index is -0.653. The molecule has 0 amide bonds. The number of aromatic amines is 2. The van der Waals surface area contributed by atoms with Gasteiger partial charge in [-0.3, -0.25) is 10.1 Å². The lowest BCUT2D eigenvalue weighted by molar-refractivity contribution is -0.114. The summed E-state index contributed by atoms with van der Waals surface area (Å²) in [6.45, 7) is 4.49. The molecule has 5 heterocycles. The van der Waals surface area contributed by atoms with Crippen LogP contribution in [0.3, 0.4) is 0 Å². The van der Waals surface area contributed by atoms with Crippen molar-refractivity contribution < 1.29 is 28.5 Å². The number of benzene rings is 4. The van der Waals surface area contributed by atoms with E-state index in [-0.39, 0.29) is 24.4 Å². The third kappa shape index (κ3) is 8.56. The summed E-state index contributed by atoms with van der Waals surface area (Å²) >= 11 is 0. The number of likely N-dealkylation sites (tertiary alicyclic amines) is 1. The quantitative estimate of drug-likeness (QED) is 0.0598. The van der Waals surface area contributed by atoms with E-state index in [1.165, 1.54) is 12.8 Å². The molecule has 2 atom stereocenters. The number of nitrogens with one attached hydrogen (secondary N) is 3. The van der Waals surface area contributed by atoms with Crippen molar-refractivity contribution in [2.45, 2.75) is 37.8 Å². The Bertz CT molecular complexity index is 2580. The highest BCUT2D eigenvalue weighted by Crippen LogP contribution is 2.39. The SMILES string of the molecule is COc1cc(OCNCCC2C(=O)C(c3nc4ccccc4[nH]3)=C(N)N2c2cc(OC)cc(OC)c2)cc(N2C(N)=C(c3nc4ccccc4[nH]3)COCC2CCN2CCCC2)c1. The Labute approximate surface area is 365 Å². The molecule has 0 aliphatic carbocycles. The lowest BCUT2D eigenvalue weighted by Crippen LogP contribution is -2.42. The van der Waals surface area contributed by atoms with E-state index in [9.17, 15) is 4.79 Å². The topological polar surface area (TPSA) is 194 Å². The van der Waals surface area contributed by atoms with Gasteiger partial charge in [0.2, 0.25) is 0 Å². The second-order valence-electron chi connectivity index (χ2n) is 16.0. The van der Waals surface area contributed by atoms with Crippen LogP contribution in [0, 0.1) is 0 Å². The lowest BCUT2D eigenvalue weighted by atomic mass is 10.0. The van der Waals surface area contributed by atoms with Gasteiger partial charge in [0.25, 0.3) is 0 Å². The second kappa shape index (κ2) is 18.3. The summed E-state index contributed by atoms with van der Waals surface area (Å²) in [6.07, 6.45) is 3.68. The smallest absolute Gasteiger partial charge is 0.193 e. The first-order valence-electron chi connectivity index (χ1n) is 21.4. The fraction of sp³-hybridized carbons (Fsp3) is 0.340. The molecule has 328 valence electrons. The van der Waals surface area contributed by atoms with E-state index in [0.29, 0.717) is 77.9 Å². The number of hydrogen-bond donors (Lipinski definition) is 5. The molecular weight excluding hydrogens is 801 g/mol. The van der Waals surface area contributed by atoms with E-state index < -0.39 is 6.04 Å². The number of rotatable bonds is 16. The van der Waals surface area contributed by atoms with E-state index >= 15 is 0 Å². The summed E-state index contributed by atoms with van der Waals surface area (Å²) in [4.78, 5) is 37.2. The number of anilines is 2. The maximum absolute atomic E-state index is 14.4. The molecule has 1 saturated heterocycles. The summed E-state index contributed by atoms with van der Waals surface area (Å²) in [5, 5.41) is 3.39. The second-order valence-corrected chi connectivity index (χ2v) is 16.0. The van der Waals surface area contributed by atoms with E-state index in [0.717, 1.165) is 59.4 Å². The highest BCUT2D eigenvalue weighted by molar-refractivity contribution is 6.27. The van der Waals surface area contributed by atoms with E-state index in [2.05, 4.69) is 25.1 Å². The normalized spacial score (nSPS) is 18.6. The highest BCUT2D eigenvalue weighted by Gasteiger charge is 2.41. The molecule has 0 saturated carbocycles. The number of ether oxygens (including phenoxy) is 5. The molecule has 4 aromatic carbocycles. The molecule has 63 heavy (non-hydrogen) atoms. The maximum Gasteiger partial charge on any atom is 0.193 e. The van der Waals surface area contributed by atoms with Gasteiger partial charge in [0, 0.05) is 49.5 Å². The number of aromatic nitrogens is 4. The van der Waals surface area contributed by atoms with E-state index in [1.807, 2.05) is 83.8 Å². The van der Waals surface area contributed by atoms with Gasteiger partial charge in [0.05, 0.1) is 79.6 Å². The molecule has 2 aromatic heterocycles. The van der Waals surface area contributed by atoms with Crippen molar-refractivity contribution in [2.24, 2.45) is 11.5 Å². The number of Topliss-reactive ketones (excluding diaryl/α,β-unsaturated/α-hetero) is 1. The Morgan fingerprint density at radius 2 is 1.33 bits per heavy atom. The van der Waals surface area contributed by atoms with Crippen LogP contribution in [0.15, 0.2) is 96.6 Å². The van der Waals surface area contributed by atoms with Crippen LogP contribution in [0.4, 0.5) is 11.4 Å². The van der Waals surface area contributed by atoms with Crippen molar-refractivity contribution in [3.05, 3.63) is 108 Å². The molecule has 0 bridgehead atoms. The summed E-state index contributed by atoms with van der Waals surface area (Å²) < 4.78 is 29.7. The first-order valence-corrected chi connectivity index (χ1v) is 21.4. The van der Waals surface area contributed by atoms with Crippen molar-refractivity contribution >= 4 is 50.4 Å². The lowest BCUT2D eigenvalue weighted by Gasteiger charge is -2.34. The predicted molar refractivity (Wildman–Crippen MR) is 244 cm³/mol. The number of H-pyrrole nitrogens is 2. The van der Waals surface area contributed by atoms with Gasteiger partial charge < -0.3 is 59.8 Å². The molecule has 6 aromatic rings. The summed E-state index contributed by atoms with van der Waals surface area (Å²) in [5.41, 5.74) is 20.0. The third-order valence-electron chi connectivity index (χ3n) is 12.1. The number of fused-ring (bicyclic) bond motifs is 2. The number of carbonyl (C=O) groups is 1. The standard InChI is InChI=1S/C47H54N10O6/c1-59-32-21-31(22-33(24-32)60-2)57-41(43(58)42(45(57)49)47-53-39-12-6-7-13-40(39)54-47)14-16-50-28-63-35-23-30(20-34(25-35)61-3)56-29(15-19-55-17-8-9-18-55)26-62-27-36(44(56)48)46-51-37-10-4-5-11-38(37)52-46/h4-7,10-13,20-25,29,41,50H,8-9,14-19,26-28,48-49H2,1-3H3,(H,51,52)(H,53,54). The molecule has 1 fully saturated rings. The Hall–Kier alpha value is -6.75. The largest absolute Gasteiger partial charge is 0.497 e. The van der Waals surface area contributed by atoms with Crippen molar-refractivity contribution in [1.29, 1.82) is 0 Å². The van der Waals surface area contributed by atoms with Gasteiger partial charge in [0.1, 0.15) is 64.6 Å². The zero-order chi connectivity index (χ0) is 43.5. The zero-order valence-corrected chi connectivity index (χ0v) is 35.9. The van der Waals surface area contributed by atoms with Gasteiger partial charge in [-0.05, 0) is 63.0 Å². The van der Waals surface area contributed by atoms with Crippen molar-refractivity contribution in [2.75, 3.05) is 77.3 Å². The van der Waals surface area contributed by atoms with Crippen molar-refractivity contribution in [3.8, 4) is 23.0 Å². The van der Waals surface area contributed by atoms with Gasteiger partial charge in [-0.15, -0.1) is 0 Å². The van der Waals surface area contributed by atoms with Crippen LogP contribution >= 0.6 is 0 Å². The first-order chi connectivity index (χ1) is 30.8. The van der Waals surface area contributed by atoms with Gasteiger partial charge in [-0.25, -0.2) is 9.97 Å². The van der Waals surface area contributed by atoms with Gasteiger partial charge in [0.15, 0.2) is 5.78 Å². The number of nitrogens with two attached hydrogens (primary N) is 2. The zero-order valence-electron chi connectivity index (χ0n) is 35.9. The molecular formula is C47H54N10O6. The first kappa shape index (κ1) is 41.6. The molecule has 3 aliphatic rings. The van der Waals surface area contributed by atoms with Crippen LogP contribution in [0.5, 0.6) is 23.0 Å². The Kier molecular flexibility index (Phi) is 12.1. The van der Waals surface area contributed by atoms with E-state index in [4.69, 9.17) is 45.1 Å².